The van der Waals surface area contributed by atoms with E-state index in [0.717, 1.165) is 25.0 Å². The molecule has 4 nitrogen and oxygen atoms in total. The number of amides is 2. The first-order valence-electron chi connectivity index (χ1n) is 5.81. The number of thioether (sulfide) groups is 1. The molecule has 0 aliphatic heterocycles. The molecule has 5 heteroatoms. The maximum absolute atomic E-state index is 11.4. The smallest absolute Gasteiger partial charge is 0.315 e. The lowest BCUT2D eigenvalue weighted by atomic mass is 9.78. The van der Waals surface area contributed by atoms with Gasteiger partial charge in [-0.15, -0.1) is 0 Å². The third-order valence-corrected chi connectivity index (χ3v) is 3.79. The molecule has 0 aromatic heterocycles. The zero-order chi connectivity index (χ0) is 12.0. The highest BCUT2D eigenvalue weighted by atomic mass is 32.2. The first kappa shape index (κ1) is 13.6. The number of carbonyl (C=O) groups is 1. The number of hydrogen-bond donors (Lipinski definition) is 3. The second-order valence-electron chi connectivity index (χ2n) is 4.58. The van der Waals surface area contributed by atoms with Crippen molar-refractivity contribution in [2.75, 3.05) is 18.6 Å². The lowest BCUT2D eigenvalue weighted by Gasteiger charge is -2.36. The van der Waals surface area contributed by atoms with Crippen molar-refractivity contribution in [1.82, 2.24) is 10.6 Å². The molecule has 1 aliphatic carbocycles. The maximum Gasteiger partial charge on any atom is 0.315 e. The van der Waals surface area contributed by atoms with Gasteiger partial charge in [-0.1, -0.05) is 0 Å². The Bertz CT molecular complexity index is 232. The molecule has 16 heavy (non-hydrogen) atoms. The molecule has 3 N–H and O–H groups in total. The van der Waals surface area contributed by atoms with Gasteiger partial charge in [0, 0.05) is 18.3 Å². The largest absolute Gasteiger partial charge is 0.390 e. The van der Waals surface area contributed by atoms with Crippen LogP contribution in [0.25, 0.3) is 0 Å². The van der Waals surface area contributed by atoms with Crippen LogP contribution in [0.5, 0.6) is 0 Å². The molecule has 94 valence electrons. The summed E-state index contributed by atoms with van der Waals surface area (Å²) < 4.78 is 0. The van der Waals surface area contributed by atoms with Crippen LogP contribution in [-0.4, -0.2) is 41.3 Å². The van der Waals surface area contributed by atoms with Gasteiger partial charge in [0.05, 0.1) is 5.60 Å². The zero-order valence-electron chi connectivity index (χ0n) is 10.1. The molecule has 1 saturated carbocycles. The fourth-order valence-corrected chi connectivity index (χ4v) is 2.39. The third-order valence-electron chi connectivity index (χ3n) is 2.95. The van der Waals surface area contributed by atoms with E-state index >= 15 is 0 Å². The van der Waals surface area contributed by atoms with Gasteiger partial charge >= 0.3 is 6.03 Å². The van der Waals surface area contributed by atoms with Crippen molar-refractivity contribution in [2.45, 2.75) is 44.2 Å². The van der Waals surface area contributed by atoms with Gasteiger partial charge in [0.2, 0.25) is 0 Å². The predicted octanol–water partition coefficient (Wildman–Crippen LogP) is 1.34. The Labute approximate surface area is 102 Å². The molecule has 0 radical (unpaired) electrons. The van der Waals surface area contributed by atoms with Gasteiger partial charge in [-0.2, -0.15) is 11.8 Å². The van der Waals surface area contributed by atoms with Gasteiger partial charge in [0.1, 0.15) is 0 Å². The Morgan fingerprint density at radius 2 is 2.25 bits per heavy atom. The molecular formula is C11H22N2O2S. The number of hydrogen-bond acceptors (Lipinski definition) is 3. The monoisotopic (exact) mass is 246 g/mol. The molecule has 0 heterocycles. The summed E-state index contributed by atoms with van der Waals surface area (Å²) >= 11 is 1.71. The number of aliphatic hydroxyl groups is 1. The summed E-state index contributed by atoms with van der Waals surface area (Å²) in [5, 5.41) is 15.4. The van der Waals surface area contributed by atoms with Gasteiger partial charge in [-0.3, -0.25) is 0 Å². The van der Waals surface area contributed by atoms with Crippen molar-refractivity contribution in [1.29, 1.82) is 0 Å². The molecule has 0 spiro atoms. The SMILES string of the molecule is CSC[C@H](C)NC(=O)NCCC1(O)CCC1. The van der Waals surface area contributed by atoms with Gasteiger partial charge in [0.25, 0.3) is 0 Å². The second kappa shape index (κ2) is 6.35. The van der Waals surface area contributed by atoms with Crippen molar-refractivity contribution >= 4 is 17.8 Å². The highest BCUT2D eigenvalue weighted by Gasteiger charge is 2.33. The molecular weight excluding hydrogens is 224 g/mol. The molecule has 1 fully saturated rings. The average molecular weight is 246 g/mol. The van der Waals surface area contributed by atoms with E-state index < -0.39 is 5.60 Å². The van der Waals surface area contributed by atoms with Crippen molar-refractivity contribution in [3.63, 3.8) is 0 Å². The molecule has 2 amide bonds. The van der Waals surface area contributed by atoms with Gasteiger partial charge in [-0.05, 0) is 38.9 Å². The number of carbonyl (C=O) groups excluding carboxylic acids is 1. The average Bonchev–Trinajstić information content (AvgIpc) is 2.15. The van der Waals surface area contributed by atoms with Crippen LogP contribution in [0.3, 0.4) is 0 Å². The Morgan fingerprint density at radius 1 is 1.56 bits per heavy atom. The summed E-state index contributed by atoms with van der Waals surface area (Å²) in [7, 11) is 0. The summed E-state index contributed by atoms with van der Waals surface area (Å²) in [6.45, 7) is 2.53. The first-order chi connectivity index (χ1) is 7.56. The molecule has 1 rings (SSSR count). The topological polar surface area (TPSA) is 61.4 Å². The van der Waals surface area contributed by atoms with Gasteiger partial charge in [-0.25, -0.2) is 4.79 Å². The third kappa shape index (κ3) is 4.61. The Kier molecular flexibility index (Phi) is 5.41. The minimum absolute atomic E-state index is 0.135. The lowest BCUT2D eigenvalue weighted by molar-refractivity contribution is -0.0389. The van der Waals surface area contributed by atoms with Crippen LogP contribution in [0.2, 0.25) is 0 Å². The summed E-state index contributed by atoms with van der Waals surface area (Å²) in [4.78, 5) is 11.4. The highest BCUT2D eigenvalue weighted by Crippen LogP contribution is 2.33. The van der Waals surface area contributed by atoms with Crippen LogP contribution in [-0.2, 0) is 0 Å². The van der Waals surface area contributed by atoms with Crippen molar-refractivity contribution < 1.29 is 9.90 Å². The molecule has 0 unspecified atom stereocenters. The minimum Gasteiger partial charge on any atom is -0.390 e. The summed E-state index contributed by atoms with van der Waals surface area (Å²) in [6.07, 6.45) is 5.53. The van der Waals surface area contributed by atoms with Crippen LogP contribution in [0.1, 0.15) is 32.6 Å². The molecule has 0 bridgehead atoms. The van der Waals surface area contributed by atoms with E-state index in [0.29, 0.717) is 13.0 Å². The van der Waals surface area contributed by atoms with Gasteiger partial charge < -0.3 is 15.7 Å². The van der Waals surface area contributed by atoms with Crippen molar-refractivity contribution in [3.05, 3.63) is 0 Å². The fourth-order valence-electron chi connectivity index (χ4n) is 1.81. The van der Waals surface area contributed by atoms with Crippen LogP contribution in [0.15, 0.2) is 0 Å². The summed E-state index contributed by atoms with van der Waals surface area (Å²) in [5.41, 5.74) is -0.502. The fraction of sp³-hybridized carbons (Fsp3) is 0.909. The maximum atomic E-state index is 11.4. The number of rotatable bonds is 6. The minimum atomic E-state index is -0.502. The van der Waals surface area contributed by atoms with E-state index in [1.54, 1.807) is 11.8 Å². The highest BCUT2D eigenvalue weighted by molar-refractivity contribution is 7.98. The number of nitrogens with one attached hydrogen (secondary N) is 2. The molecule has 1 atom stereocenters. The zero-order valence-corrected chi connectivity index (χ0v) is 10.9. The number of urea groups is 1. The Balaban J connectivity index is 2.05. The Morgan fingerprint density at radius 3 is 2.75 bits per heavy atom. The Hall–Kier alpha value is -0.420. The van der Waals surface area contributed by atoms with E-state index in [2.05, 4.69) is 10.6 Å². The molecule has 1 aliphatic rings. The second-order valence-corrected chi connectivity index (χ2v) is 5.50. The molecule has 0 saturated heterocycles. The lowest BCUT2D eigenvalue weighted by Crippen LogP contribution is -2.45. The van der Waals surface area contributed by atoms with E-state index in [9.17, 15) is 9.90 Å². The van der Waals surface area contributed by atoms with E-state index in [1.165, 1.54) is 0 Å². The van der Waals surface area contributed by atoms with Crippen molar-refractivity contribution in [3.8, 4) is 0 Å². The molecule has 0 aromatic carbocycles. The quantitative estimate of drug-likeness (QED) is 0.663. The van der Waals surface area contributed by atoms with E-state index in [4.69, 9.17) is 0 Å². The van der Waals surface area contributed by atoms with Crippen LogP contribution >= 0.6 is 11.8 Å². The summed E-state index contributed by atoms with van der Waals surface area (Å²) in [6, 6.07) is 0.0475. The van der Waals surface area contributed by atoms with Crippen LogP contribution < -0.4 is 10.6 Å². The predicted molar refractivity (Wildman–Crippen MR) is 67.8 cm³/mol. The first-order valence-corrected chi connectivity index (χ1v) is 7.21. The standard InChI is InChI=1S/C11H22N2O2S/c1-9(8-16-2)13-10(14)12-7-6-11(15)4-3-5-11/h9,15H,3-8H2,1-2H3,(H2,12,13,14)/t9-/m0/s1. The van der Waals surface area contributed by atoms with Gasteiger partial charge in [0.15, 0.2) is 0 Å². The van der Waals surface area contributed by atoms with Crippen molar-refractivity contribution in [2.24, 2.45) is 0 Å². The van der Waals surface area contributed by atoms with E-state index in [-0.39, 0.29) is 12.1 Å². The van der Waals surface area contributed by atoms with E-state index in [1.807, 2.05) is 13.2 Å². The molecule has 0 aromatic rings. The normalized spacial score (nSPS) is 19.7. The summed E-state index contributed by atoms with van der Waals surface area (Å²) in [5.74, 6) is 0.914. The van der Waals surface area contributed by atoms with Crippen LogP contribution in [0.4, 0.5) is 4.79 Å². The van der Waals surface area contributed by atoms with Crippen LogP contribution in [0, 0.1) is 0 Å².